The van der Waals surface area contributed by atoms with Gasteiger partial charge in [-0.05, 0) is 30.3 Å². The van der Waals surface area contributed by atoms with Gasteiger partial charge in [0.15, 0.2) is 17.2 Å². The number of carbonyl (C=O) groups excluding carboxylic acids is 1. The lowest BCUT2D eigenvalue weighted by Crippen LogP contribution is -2.07. The summed E-state index contributed by atoms with van der Waals surface area (Å²) < 4.78 is 30.4. The zero-order chi connectivity index (χ0) is 19.7. The van der Waals surface area contributed by atoms with Gasteiger partial charge < -0.3 is 14.2 Å². The van der Waals surface area contributed by atoms with Crippen molar-refractivity contribution in [2.24, 2.45) is 4.99 Å². The number of fused-ring (bicyclic) bond motifs is 2. The number of hydrogen-bond acceptors (Lipinski definition) is 5. The minimum Gasteiger partial charge on any atom is -0.493 e. The van der Waals surface area contributed by atoms with Crippen molar-refractivity contribution in [3.8, 4) is 17.2 Å². The van der Waals surface area contributed by atoms with Crippen molar-refractivity contribution in [3.63, 3.8) is 0 Å². The van der Waals surface area contributed by atoms with Crippen molar-refractivity contribution >= 4 is 17.4 Å². The Morgan fingerprint density at radius 2 is 1.79 bits per heavy atom. The molecule has 0 fully saturated rings. The largest absolute Gasteiger partial charge is 0.493 e. The van der Waals surface area contributed by atoms with E-state index in [9.17, 15) is 9.18 Å². The van der Waals surface area contributed by atoms with Gasteiger partial charge in [-0.15, -0.1) is 0 Å². The SMILES string of the molecule is COC(=O)c1ccc(C2=Nc3ccccc3Oc3c(OC)cc(F)cc32)cc1. The first-order valence-corrected chi connectivity index (χ1v) is 8.53. The van der Waals surface area contributed by atoms with Gasteiger partial charge >= 0.3 is 5.97 Å². The maximum atomic E-state index is 14.3. The van der Waals surface area contributed by atoms with Crippen molar-refractivity contribution in [1.29, 1.82) is 0 Å². The molecule has 6 heteroatoms. The Balaban J connectivity index is 1.94. The van der Waals surface area contributed by atoms with Gasteiger partial charge in [0.05, 0.1) is 31.1 Å². The quantitative estimate of drug-likeness (QED) is 0.477. The molecule has 0 saturated heterocycles. The smallest absolute Gasteiger partial charge is 0.337 e. The number of rotatable bonds is 3. The van der Waals surface area contributed by atoms with Crippen molar-refractivity contribution < 1.29 is 23.4 Å². The van der Waals surface area contributed by atoms with Crippen LogP contribution in [0.15, 0.2) is 65.7 Å². The highest BCUT2D eigenvalue weighted by atomic mass is 19.1. The zero-order valence-electron chi connectivity index (χ0n) is 15.2. The molecule has 0 aromatic heterocycles. The molecular formula is C22H16FNO4. The van der Waals surface area contributed by atoms with Gasteiger partial charge in [-0.1, -0.05) is 24.3 Å². The van der Waals surface area contributed by atoms with Gasteiger partial charge in [-0.3, -0.25) is 0 Å². The molecule has 5 nitrogen and oxygen atoms in total. The predicted molar refractivity (Wildman–Crippen MR) is 103 cm³/mol. The molecule has 140 valence electrons. The standard InChI is InChI=1S/C22H16FNO4/c1-26-19-12-15(23)11-16-20(13-7-9-14(10-8-13)22(25)27-2)24-17-5-3-4-6-18(17)28-21(16)19/h3-12H,1-2H3. The third kappa shape index (κ3) is 3.09. The average Bonchev–Trinajstić information content (AvgIpc) is 2.89. The molecule has 0 bridgehead atoms. The maximum absolute atomic E-state index is 14.3. The van der Waals surface area contributed by atoms with Crippen LogP contribution in [0.4, 0.5) is 10.1 Å². The molecular weight excluding hydrogens is 361 g/mol. The minimum absolute atomic E-state index is 0.269. The second kappa shape index (κ2) is 7.15. The van der Waals surface area contributed by atoms with Crippen LogP contribution in [0.2, 0.25) is 0 Å². The molecule has 0 unspecified atom stereocenters. The summed E-state index contributed by atoms with van der Waals surface area (Å²) in [6.07, 6.45) is 0. The van der Waals surface area contributed by atoms with E-state index in [-0.39, 0.29) is 5.75 Å². The van der Waals surface area contributed by atoms with E-state index in [1.54, 1.807) is 30.3 Å². The Morgan fingerprint density at radius 3 is 2.50 bits per heavy atom. The van der Waals surface area contributed by atoms with Gasteiger partial charge in [-0.2, -0.15) is 0 Å². The molecule has 0 amide bonds. The molecule has 0 aliphatic carbocycles. The number of esters is 1. The van der Waals surface area contributed by atoms with Crippen LogP contribution in [0.1, 0.15) is 21.5 Å². The summed E-state index contributed by atoms with van der Waals surface area (Å²) in [5.74, 6) is 0.283. The summed E-state index contributed by atoms with van der Waals surface area (Å²) in [6.45, 7) is 0. The fourth-order valence-corrected chi connectivity index (χ4v) is 3.03. The lowest BCUT2D eigenvalue weighted by atomic mass is 9.99. The van der Waals surface area contributed by atoms with Crippen LogP contribution >= 0.6 is 0 Å². The van der Waals surface area contributed by atoms with Crippen LogP contribution in [0, 0.1) is 5.82 Å². The molecule has 28 heavy (non-hydrogen) atoms. The first-order chi connectivity index (χ1) is 13.6. The van der Waals surface area contributed by atoms with Crippen LogP contribution < -0.4 is 9.47 Å². The van der Waals surface area contributed by atoms with Crippen LogP contribution in [-0.2, 0) is 4.74 Å². The average molecular weight is 377 g/mol. The summed E-state index contributed by atoms with van der Waals surface area (Å²) in [4.78, 5) is 16.4. The lowest BCUT2D eigenvalue weighted by Gasteiger charge is -2.14. The summed E-state index contributed by atoms with van der Waals surface area (Å²) in [6, 6.07) is 16.6. The Morgan fingerprint density at radius 1 is 1.04 bits per heavy atom. The van der Waals surface area contributed by atoms with Crippen LogP contribution in [0.25, 0.3) is 0 Å². The Kier molecular flexibility index (Phi) is 4.53. The number of ether oxygens (including phenoxy) is 3. The summed E-state index contributed by atoms with van der Waals surface area (Å²) in [7, 11) is 2.78. The van der Waals surface area contributed by atoms with Gasteiger partial charge in [0.1, 0.15) is 11.5 Å². The molecule has 0 spiro atoms. The fourth-order valence-electron chi connectivity index (χ4n) is 3.03. The lowest BCUT2D eigenvalue weighted by molar-refractivity contribution is 0.0600. The molecule has 1 aliphatic heterocycles. The number of nitrogens with zero attached hydrogens (tertiary/aromatic N) is 1. The first kappa shape index (κ1) is 17.7. The maximum Gasteiger partial charge on any atom is 0.337 e. The highest BCUT2D eigenvalue weighted by Gasteiger charge is 2.24. The molecule has 4 rings (SSSR count). The van der Waals surface area contributed by atoms with E-state index in [0.29, 0.717) is 39.6 Å². The second-order valence-electron chi connectivity index (χ2n) is 6.08. The summed E-state index contributed by atoms with van der Waals surface area (Å²) in [5, 5.41) is 0. The molecule has 0 N–H and O–H groups in total. The van der Waals surface area contributed by atoms with E-state index < -0.39 is 11.8 Å². The highest BCUT2D eigenvalue weighted by Crippen LogP contribution is 2.43. The number of benzene rings is 3. The van der Waals surface area contributed by atoms with Crippen molar-refractivity contribution in [1.82, 2.24) is 0 Å². The Hall–Kier alpha value is -3.67. The molecule has 1 heterocycles. The molecule has 0 saturated carbocycles. The molecule has 3 aromatic rings. The number of methoxy groups -OCH3 is 2. The van der Waals surface area contributed by atoms with Crippen LogP contribution in [0.3, 0.4) is 0 Å². The van der Waals surface area contributed by atoms with E-state index in [0.717, 1.165) is 0 Å². The number of hydrogen-bond donors (Lipinski definition) is 0. The van der Waals surface area contributed by atoms with Crippen molar-refractivity contribution in [2.45, 2.75) is 0 Å². The molecule has 0 atom stereocenters. The van der Waals surface area contributed by atoms with E-state index >= 15 is 0 Å². The Bertz CT molecular complexity index is 1090. The zero-order valence-corrected chi connectivity index (χ0v) is 15.2. The van der Waals surface area contributed by atoms with Gasteiger partial charge in [0, 0.05) is 11.6 Å². The highest BCUT2D eigenvalue weighted by molar-refractivity contribution is 6.16. The number of halogens is 1. The molecule has 1 aliphatic rings. The van der Waals surface area contributed by atoms with Crippen molar-refractivity contribution in [2.75, 3.05) is 14.2 Å². The molecule has 0 radical (unpaired) electrons. The third-order valence-electron chi connectivity index (χ3n) is 4.38. The predicted octanol–water partition coefficient (Wildman–Crippen LogP) is 4.90. The topological polar surface area (TPSA) is 57.1 Å². The van der Waals surface area contributed by atoms with Crippen LogP contribution in [0.5, 0.6) is 17.2 Å². The van der Waals surface area contributed by atoms with Crippen molar-refractivity contribution in [3.05, 3.63) is 83.2 Å². The number of carbonyl (C=O) groups is 1. The van der Waals surface area contributed by atoms with Gasteiger partial charge in [0.25, 0.3) is 0 Å². The van der Waals surface area contributed by atoms with Gasteiger partial charge in [0.2, 0.25) is 0 Å². The van der Waals surface area contributed by atoms with E-state index in [2.05, 4.69) is 0 Å². The number of para-hydroxylation sites is 2. The summed E-state index contributed by atoms with van der Waals surface area (Å²) >= 11 is 0. The normalized spacial score (nSPS) is 12.0. The monoisotopic (exact) mass is 377 g/mol. The van der Waals surface area contributed by atoms with E-state index in [1.807, 2.05) is 18.2 Å². The second-order valence-corrected chi connectivity index (χ2v) is 6.08. The third-order valence-corrected chi connectivity index (χ3v) is 4.38. The van der Waals surface area contributed by atoms with Gasteiger partial charge in [-0.25, -0.2) is 14.2 Å². The number of aliphatic imine (C=N–C) groups is 1. The Labute approximate surface area is 161 Å². The summed E-state index contributed by atoms with van der Waals surface area (Å²) in [5.41, 5.74) is 2.68. The minimum atomic E-state index is -0.468. The van der Waals surface area contributed by atoms with E-state index in [1.165, 1.54) is 26.4 Å². The van der Waals surface area contributed by atoms with Crippen LogP contribution in [-0.4, -0.2) is 25.9 Å². The van der Waals surface area contributed by atoms with E-state index in [4.69, 9.17) is 19.2 Å². The first-order valence-electron chi connectivity index (χ1n) is 8.53. The molecule has 3 aromatic carbocycles. The fraction of sp³-hybridized carbons (Fsp3) is 0.0909.